The summed E-state index contributed by atoms with van der Waals surface area (Å²) in [6.07, 6.45) is 1.13. The van der Waals surface area contributed by atoms with Crippen molar-refractivity contribution in [3.63, 3.8) is 0 Å². The summed E-state index contributed by atoms with van der Waals surface area (Å²) in [6, 6.07) is 0.979. The molecule has 0 spiro atoms. The third-order valence-electron chi connectivity index (χ3n) is 2.22. The van der Waals surface area contributed by atoms with E-state index in [1.54, 1.807) is 0 Å². The van der Waals surface area contributed by atoms with Gasteiger partial charge in [0.15, 0.2) is 5.69 Å². The lowest BCUT2D eigenvalue weighted by atomic mass is 10.5. The van der Waals surface area contributed by atoms with Gasteiger partial charge in [0.2, 0.25) is 5.95 Å². The minimum atomic E-state index is -1.34. The summed E-state index contributed by atoms with van der Waals surface area (Å²) in [5.41, 5.74) is -0.460. The SMILES string of the molecule is C[Si](C)(C)CCOCn1cnc(F)c1C(=O)O. The van der Waals surface area contributed by atoms with Crippen molar-refractivity contribution in [3.8, 4) is 0 Å². The lowest BCUT2D eigenvalue weighted by Gasteiger charge is -2.15. The molecule has 17 heavy (non-hydrogen) atoms. The van der Waals surface area contributed by atoms with E-state index in [0.717, 1.165) is 16.9 Å². The van der Waals surface area contributed by atoms with E-state index < -0.39 is 25.7 Å². The number of rotatable bonds is 6. The van der Waals surface area contributed by atoms with Gasteiger partial charge in [-0.05, 0) is 6.04 Å². The molecule has 0 fully saturated rings. The van der Waals surface area contributed by atoms with E-state index in [0.29, 0.717) is 6.61 Å². The zero-order valence-corrected chi connectivity index (χ0v) is 11.2. The molecule has 0 saturated heterocycles. The Morgan fingerprint density at radius 2 is 2.24 bits per heavy atom. The molecule has 0 aromatic carbocycles. The molecule has 7 heteroatoms. The summed E-state index contributed by atoms with van der Waals surface area (Å²) in [4.78, 5) is 14.1. The zero-order valence-electron chi connectivity index (χ0n) is 10.2. The number of carboxylic acids is 1. The molecule has 1 aromatic rings. The molecular weight excluding hydrogens is 243 g/mol. The number of aromatic carboxylic acids is 1. The van der Waals surface area contributed by atoms with Crippen molar-refractivity contribution in [2.45, 2.75) is 32.4 Å². The van der Waals surface area contributed by atoms with Crippen molar-refractivity contribution in [1.82, 2.24) is 9.55 Å². The first-order valence-electron chi connectivity index (χ1n) is 5.33. The van der Waals surface area contributed by atoms with E-state index in [9.17, 15) is 9.18 Å². The van der Waals surface area contributed by atoms with Crippen LogP contribution in [0, 0.1) is 5.95 Å². The number of carbonyl (C=O) groups is 1. The summed E-state index contributed by atoms with van der Waals surface area (Å²) in [7, 11) is -1.17. The van der Waals surface area contributed by atoms with Gasteiger partial charge in [-0.15, -0.1) is 0 Å². The van der Waals surface area contributed by atoms with Crippen LogP contribution in [-0.4, -0.2) is 35.3 Å². The smallest absolute Gasteiger partial charge is 0.357 e. The average molecular weight is 260 g/mol. The fourth-order valence-corrected chi connectivity index (χ4v) is 1.96. The minimum absolute atomic E-state index is 0.0169. The molecular formula is C10H17FN2O3Si. The Balaban J connectivity index is 2.50. The van der Waals surface area contributed by atoms with Crippen LogP contribution in [0.4, 0.5) is 4.39 Å². The molecule has 0 atom stereocenters. The van der Waals surface area contributed by atoms with E-state index >= 15 is 0 Å². The number of halogens is 1. The molecule has 1 rings (SSSR count). The number of nitrogens with zero attached hydrogens (tertiary/aromatic N) is 2. The van der Waals surface area contributed by atoms with E-state index in [-0.39, 0.29) is 6.73 Å². The second-order valence-corrected chi connectivity index (χ2v) is 10.6. The van der Waals surface area contributed by atoms with Crippen molar-refractivity contribution >= 4 is 14.0 Å². The zero-order chi connectivity index (χ0) is 13.1. The maximum absolute atomic E-state index is 13.0. The maximum atomic E-state index is 13.0. The van der Waals surface area contributed by atoms with Gasteiger partial charge in [0, 0.05) is 14.7 Å². The maximum Gasteiger partial charge on any atom is 0.357 e. The molecule has 96 valence electrons. The predicted molar refractivity (Wildman–Crippen MR) is 63.2 cm³/mol. The topological polar surface area (TPSA) is 64.4 Å². The van der Waals surface area contributed by atoms with Gasteiger partial charge in [0.1, 0.15) is 13.1 Å². The van der Waals surface area contributed by atoms with E-state index in [2.05, 4.69) is 24.6 Å². The second kappa shape index (κ2) is 5.41. The Kier molecular flexibility index (Phi) is 4.41. The minimum Gasteiger partial charge on any atom is -0.476 e. The van der Waals surface area contributed by atoms with Crippen LogP contribution in [-0.2, 0) is 11.5 Å². The monoisotopic (exact) mass is 260 g/mol. The number of hydrogen-bond donors (Lipinski definition) is 1. The molecule has 0 bridgehead atoms. The van der Waals surface area contributed by atoms with Gasteiger partial charge in [0.05, 0.1) is 0 Å². The Morgan fingerprint density at radius 3 is 2.76 bits per heavy atom. The molecule has 1 aromatic heterocycles. The molecule has 0 aliphatic carbocycles. The van der Waals surface area contributed by atoms with Crippen LogP contribution in [0.15, 0.2) is 6.33 Å². The molecule has 0 unspecified atom stereocenters. The first-order valence-corrected chi connectivity index (χ1v) is 9.03. The number of aromatic nitrogens is 2. The molecule has 0 aliphatic heterocycles. The standard InChI is InChI=1S/C10H17FN2O3Si/c1-17(2,3)5-4-16-7-13-6-12-9(11)8(13)10(14)15/h6H,4-5,7H2,1-3H3,(H,14,15). The average Bonchev–Trinajstić information content (AvgIpc) is 2.53. The van der Waals surface area contributed by atoms with Crippen molar-refractivity contribution in [2.75, 3.05) is 6.61 Å². The fraction of sp³-hybridized carbons (Fsp3) is 0.600. The highest BCUT2D eigenvalue weighted by Crippen LogP contribution is 2.09. The van der Waals surface area contributed by atoms with E-state index in [4.69, 9.17) is 9.84 Å². The third kappa shape index (κ3) is 4.27. The first kappa shape index (κ1) is 13.9. The predicted octanol–water partition coefficient (Wildman–Crippen LogP) is 2.03. The Bertz CT molecular complexity index is 401. The van der Waals surface area contributed by atoms with Crippen molar-refractivity contribution in [2.24, 2.45) is 0 Å². The molecule has 5 nitrogen and oxygen atoms in total. The molecule has 0 radical (unpaired) electrons. The largest absolute Gasteiger partial charge is 0.476 e. The van der Waals surface area contributed by atoms with Gasteiger partial charge in [-0.3, -0.25) is 4.57 Å². The van der Waals surface area contributed by atoms with Gasteiger partial charge in [-0.25, -0.2) is 9.78 Å². The Labute approximate surface area is 100 Å². The van der Waals surface area contributed by atoms with Crippen LogP contribution in [0.25, 0.3) is 0 Å². The van der Waals surface area contributed by atoms with Gasteiger partial charge in [0.25, 0.3) is 0 Å². The molecule has 0 aliphatic rings. The van der Waals surface area contributed by atoms with Crippen molar-refractivity contribution < 1.29 is 19.0 Å². The van der Waals surface area contributed by atoms with Crippen LogP contribution >= 0.6 is 0 Å². The Morgan fingerprint density at radius 1 is 1.59 bits per heavy atom. The van der Waals surface area contributed by atoms with Crippen molar-refractivity contribution in [3.05, 3.63) is 18.0 Å². The van der Waals surface area contributed by atoms with Gasteiger partial charge in [-0.1, -0.05) is 19.6 Å². The normalized spacial score (nSPS) is 11.8. The summed E-state index contributed by atoms with van der Waals surface area (Å²) in [5.74, 6) is -2.32. The third-order valence-corrected chi connectivity index (χ3v) is 3.93. The first-order chi connectivity index (χ1) is 7.81. The van der Waals surface area contributed by atoms with Crippen LogP contribution in [0.3, 0.4) is 0 Å². The quantitative estimate of drug-likeness (QED) is 0.628. The van der Waals surface area contributed by atoms with Gasteiger partial charge in [-0.2, -0.15) is 4.39 Å². The lowest BCUT2D eigenvalue weighted by molar-refractivity contribution is 0.0615. The van der Waals surface area contributed by atoms with E-state index in [1.165, 1.54) is 0 Å². The Hall–Kier alpha value is -1.21. The van der Waals surface area contributed by atoms with Gasteiger partial charge >= 0.3 is 5.97 Å². The fourth-order valence-electron chi connectivity index (χ4n) is 1.21. The van der Waals surface area contributed by atoms with Crippen LogP contribution in [0.2, 0.25) is 25.7 Å². The van der Waals surface area contributed by atoms with Crippen LogP contribution in [0.5, 0.6) is 0 Å². The number of imidazole rings is 1. The summed E-state index contributed by atoms with van der Waals surface area (Å²) >= 11 is 0. The van der Waals surface area contributed by atoms with E-state index in [1.807, 2.05) is 0 Å². The lowest BCUT2D eigenvalue weighted by Crippen LogP contribution is -2.22. The van der Waals surface area contributed by atoms with Crippen LogP contribution < -0.4 is 0 Å². The number of ether oxygens (including phenoxy) is 1. The molecule has 1 heterocycles. The number of carboxylic acid groups (broad SMARTS) is 1. The molecule has 0 saturated carbocycles. The highest BCUT2D eigenvalue weighted by Gasteiger charge is 2.18. The summed E-state index contributed by atoms with van der Waals surface area (Å²) < 4.78 is 19.5. The highest BCUT2D eigenvalue weighted by molar-refractivity contribution is 6.76. The summed E-state index contributed by atoms with van der Waals surface area (Å²) in [5, 5.41) is 8.77. The summed E-state index contributed by atoms with van der Waals surface area (Å²) in [6.45, 7) is 7.22. The number of hydrogen-bond acceptors (Lipinski definition) is 3. The molecule has 1 N–H and O–H groups in total. The second-order valence-electron chi connectivity index (χ2n) is 5.01. The van der Waals surface area contributed by atoms with Gasteiger partial charge < -0.3 is 9.84 Å². The van der Waals surface area contributed by atoms with Crippen molar-refractivity contribution in [1.29, 1.82) is 0 Å². The highest BCUT2D eigenvalue weighted by atomic mass is 28.3. The molecule has 0 amide bonds. The van der Waals surface area contributed by atoms with Crippen LogP contribution in [0.1, 0.15) is 10.5 Å².